The summed E-state index contributed by atoms with van der Waals surface area (Å²) in [5.74, 6) is 0.837. The number of anilines is 1. The van der Waals surface area contributed by atoms with Crippen LogP contribution in [0.2, 0.25) is 0 Å². The van der Waals surface area contributed by atoms with E-state index >= 15 is 0 Å². The van der Waals surface area contributed by atoms with Crippen molar-refractivity contribution in [3.63, 3.8) is 0 Å². The number of hydrogen-bond donors (Lipinski definition) is 1. The van der Waals surface area contributed by atoms with Gasteiger partial charge in [-0.25, -0.2) is 0 Å². The van der Waals surface area contributed by atoms with E-state index in [1.165, 1.54) is 0 Å². The predicted molar refractivity (Wildman–Crippen MR) is 79.2 cm³/mol. The Kier molecular flexibility index (Phi) is 4.43. The fourth-order valence-electron chi connectivity index (χ4n) is 1.80. The van der Waals surface area contributed by atoms with Crippen molar-refractivity contribution in [2.24, 2.45) is 0 Å². The fraction of sp³-hybridized carbons (Fsp3) is 0.133. The molecule has 0 saturated carbocycles. The summed E-state index contributed by atoms with van der Waals surface area (Å²) in [5.41, 5.74) is 2.48. The molecule has 0 spiro atoms. The number of nitrogens with zero attached hydrogens (tertiary/aromatic N) is 1. The van der Waals surface area contributed by atoms with Gasteiger partial charge in [-0.1, -0.05) is 34.1 Å². The Balaban J connectivity index is 2.19. The molecule has 0 aliphatic heterocycles. The summed E-state index contributed by atoms with van der Waals surface area (Å²) >= 11 is 3.41. The van der Waals surface area contributed by atoms with E-state index in [1.54, 1.807) is 13.2 Å². The van der Waals surface area contributed by atoms with Gasteiger partial charge in [0.1, 0.15) is 11.8 Å². The molecule has 0 aliphatic rings. The zero-order chi connectivity index (χ0) is 13.7. The number of halogens is 1. The van der Waals surface area contributed by atoms with Crippen molar-refractivity contribution >= 4 is 21.6 Å². The van der Waals surface area contributed by atoms with Gasteiger partial charge in [0.2, 0.25) is 0 Å². The Labute approximate surface area is 121 Å². The minimum Gasteiger partial charge on any atom is -0.496 e. The van der Waals surface area contributed by atoms with E-state index < -0.39 is 0 Å². The molecule has 19 heavy (non-hydrogen) atoms. The largest absolute Gasteiger partial charge is 0.496 e. The van der Waals surface area contributed by atoms with E-state index in [0.717, 1.165) is 21.5 Å². The van der Waals surface area contributed by atoms with Crippen LogP contribution in [0, 0.1) is 11.3 Å². The van der Waals surface area contributed by atoms with Crippen molar-refractivity contribution in [2.45, 2.75) is 6.54 Å². The second-order valence-corrected chi connectivity index (χ2v) is 4.88. The third-order valence-electron chi connectivity index (χ3n) is 2.76. The van der Waals surface area contributed by atoms with Crippen LogP contribution in [0.4, 0.5) is 5.69 Å². The van der Waals surface area contributed by atoms with Crippen LogP contribution in [-0.2, 0) is 6.54 Å². The SMILES string of the molecule is COc1ccccc1CNc1cc(Br)ccc1C#N. The molecule has 0 amide bonds. The van der Waals surface area contributed by atoms with Crippen molar-refractivity contribution in [3.05, 3.63) is 58.1 Å². The molecule has 0 heterocycles. The van der Waals surface area contributed by atoms with E-state index in [2.05, 4.69) is 27.3 Å². The Morgan fingerprint density at radius 3 is 2.79 bits per heavy atom. The summed E-state index contributed by atoms with van der Waals surface area (Å²) < 4.78 is 6.24. The normalized spacial score (nSPS) is 9.74. The van der Waals surface area contributed by atoms with Gasteiger partial charge in [-0.3, -0.25) is 0 Å². The highest BCUT2D eigenvalue weighted by Gasteiger charge is 2.05. The highest BCUT2D eigenvalue weighted by Crippen LogP contribution is 2.23. The van der Waals surface area contributed by atoms with Gasteiger partial charge in [-0.05, 0) is 24.3 Å². The Bertz CT molecular complexity index is 620. The van der Waals surface area contributed by atoms with E-state index in [4.69, 9.17) is 10.00 Å². The van der Waals surface area contributed by atoms with E-state index in [-0.39, 0.29) is 0 Å². The topological polar surface area (TPSA) is 45.0 Å². The number of benzene rings is 2. The molecule has 0 bridgehead atoms. The van der Waals surface area contributed by atoms with Crippen LogP contribution in [0.5, 0.6) is 5.75 Å². The average Bonchev–Trinajstić information content (AvgIpc) is 2.45. The molecule has 2 rings (SSSR count). The maximum absolute atomic E-state index is 9.08. The second kappa shape index (κ2) is 6.26. The van der Waals surface area contributed by atoms with Gasteiger partial charge < -0.3 is 10.1 Å². The summed E-state index contributed by atoms with van der Waals surface area (Å²) in [6.45, 7) is 0.606. The number of nitrogens with one attached hydrogen (secondary N) is 1. The van der Waals surface area contributed by atoms with Crippen molar-refractivity contribution in [3.8, 4) is 11.8 Å². The molecular formula is C15H13BrN2O. The van der Waals surface area contributed by atoms with Crippen LogP contribution in [0.15, 0.2) is 46.9 Å². The molecule has 96 valence electrons. The first-order valence-electron chi connectivity index (χ1n) is 5.80. The molecule has 4 heteroatoms. The quantitative estimate of drug-likeness (QED) is 0.929. The van der Waals surface area contributed by atoms with Crippen molar-refractivity contribution < 1.29 is 4.74 Å². The molecular weight excluding hydrogens is 304 g/mol. The Morgan fingerprint density at radius 2 is 2.05 bits per heavy atom. The van der Waals surface area contributed by atoms with Gasteiger partial charge >= 0.3 is 0 Å². The highest BCUT2D eigenvalue weighted by molar-refractivity contribution is 9.10. The maximum Gasteiger partial charge on any atom is 0.123 e. The molecule has 0 aromatic heterocycles. The molecule has 3 nitrogen and oxygen atoms in total. The lowest BCUT2D eigenvalue weighted by Gasteiger charge is -2.11. The number of para-hydroxylation sites is 1. The minimum absolute atomic E-state index is 0.606. The summed E-state index contributed by atoms with van der Waals surface area (Å²) in [6, 6.07) is 15.5. The first-order valence-corrected chi connectivity index (χ1v) is 6.59. The van der Waals surface area contributed by atoms with E-state index in [0.29, 0.717) is 12.1 Å². The first-order chi connectivity index (χ1) is 9.24. The van der Waals surface area contributed by atoms with Crippen molar-refractivity contribution in [1.82, 2.24) is 0 Å². The van der Waals surface area contributed by atoms with Crippen LogP contribution >= 0.6 is 15.9 Å². The Hall–Kier alpha value is -1.99. The maximum atomic E-state index is 9.08. The van der Waals surface area contributed by atoms with E-state index in [9.17, 15) is 0 Å². The summed E-state index contributed by atoms with van der Waals surface area (Å²) in [4.78, 5) is 0. The fourth-order valence-corrected chi connectivity index (χ4v) is 2.16. The summed E-state index contributed by atoms with van der Waals surface area (Å²) in [6.07, 6.45) is 0. The summed E-state index contributed by atoms with van der Waals surface area (Å²) in [7, 11) is 1.65. The molecule has 0 aliphatic carbocycles. The minimum atomic E-state index is 0.606. The second-order valence-electron chi connectivity index (χ2n) is 3.97. The zero-order valence-electron chi connectivity index (χ0n) is 10.5. The Morgan fingerprint density at radius 1 is 1.26 bits per heavy atom. The first kappa shape index (κ1) is 13.4. The molecule has 2 aromatic rings. The lowest BCUT2D eigenvalue weighted by molar-refractivity contribution is 0.410. The van der Waals surface area contributed by atoms with Crippen molar-refractivity contribution in [1.29, 1.82) is 5.26 Å². The van der Waals surface area contributed by atoms with Gasteiger partial charge in [0.05, 0.1) is 18.4 Å². The van der Waals surface area contributed by atoms with Gasteiger partial charge in [0.15, 0.2) is 0 Å². The van der Waals surface area contributed by atoms with Crippen LogP contribution in [0.25, 0.3) is 0 Å². The van der Waals surface area contributed by atoms with E-state index in [1.807, 2.05) is 36.4 Å². The van der Waals surface area contributed by atoms with Gasteiger partial charge in [-0.2, -0.15) is 5.26 Å². The van der Waals surface area contributed by atoms with Gasteiger partial charge in [-0.15, -0.1) is 0 Å². The van der Waals surface area contributed by atoms with Crippen LogP contribution in [-0.4, -0.2) is 7.11 Å². The number of ether oxygens (including phenoxy) is 1. The standard InChI is InChI=1S/C15H13BrN2O/c1-19-15-5-3-2-4-12(15)10-18-14-8-13(16)7-6-11(14)9-17/h2-8,18H,10H2,1H3. The van der Waals surface area contributed by atoms with Crippen LogP contribution in [0.3, 0.4) is 0 Å². The third kappa shape index (κ3) is 3.27. The average molecular weight is 317 g/mol. The highest BCUT2D eigenvalue weighted by atomic mass is 79.9. The molecule has 0 unspecified atom stereocenters. The summed E-state index contributed by atoms with van der Waals surface area (Å²) in [5, 5.41) is 12.3. The third-order valence-corrected chi connectivity index (χ3v) is 3.26. The zero-order valence-corrected chi connectivity index (χ0v) is 12.1. The molecule has 0 saturated heterocycles. The number of nitriles is 1. The lowest BCUT2D eigenvalue weighted by Crippen LogP contribution is -2.03. The molecule has 0 radical (unpaired) electrons. The molecule has 2 aromatic carbocycles. The van der Waals surface area contributed by atoms with Gasteiger partial charge in [0.25, 0.3) is 0 Å². The number of rotatable bonds is 4. The molecule has 1 N–H and O–H groups in total. The monoisotopic (exact) mass is 316 g/mol. The molecule has 0 atom stereocenters. The number of methoxy groups -OCH3 is 1. The lowest BCUT2D eigenvalue weighted by atomic mass is 10.1. The predicted octanol–water partition coefficient (Wildman–Crippen LogP) is 3.94. The van der Waals surface area contributed by atoms with Crippen LogP contribution in [0.1, 0.15) is 11.1 Å². The number of hydrogen-bond acceptors (Lipinski definition) is 3. The van der Waals surface area contributed by atoms with Gasteiger partial charge in [0, 0.05) is 16.6 Å². The van der Waals surface area contributed by atoms with Crippen LogP contribution < -0.4 is 10.1 Å². The molecule has 0 fully saturated rings. The van der Waals surface area contributed by atoms with Crippen molar-refractivity contribution in [2.75, 3.05) is 12.4 Å². The smallest absolute Gasteiger partial charge is 0.123 e.